The number of thiophene rings is 1. The lowest BCUT2D eigenvalue weighted by Crippen LogP contribution is -2.52. The second-order valence-electron chi connectivity index (χ2n) is 9.37. The number of amides is 1. The maximum atomic E-state index is 13.3. The Balaban J connectivity index is 1.23. The van der Waals surface area contributed by atoms with E-state index in [1.54, 1.807) is 11.3 Å². The van der Waals surface area contributed by atoms with Gasteiger partial charge in [0, 0.05) is 67.6 Å². The van der Waals surface area contributed by atoms with E-state index in [9.17, 15) is 4.79 Å². The number of aromatic nitrogens is 3. The summed E-state index contributed by atoms with van der Waals surface area (Å²) in [6.07, 6.45) is 3.59. The molecule has 0 unspecified atom stereocenters. The number of hydrogen-bond acceptors (Lipinski definition) is 7. The first kappa shape index (κ1) is 22.1. The zero-order valence-electron chi connectivity index (χ0n) is 19.7. The van der Waals surface area contributed by atoms with Gasteiger partial charge in [0.1, 0.15) is 17.5 Å². The molecule has 0 aromatic carbocycles. The van der Waals surface area contributed by atoms with Gasteiger partial charge >= 0.3 is 0 Å². The molecule has 174 valence electrons. The number of rotatable bonds is 4. The second kappa shape index (κ2) is 9.25. The van der Waals surface area contributed by atoms with Crippen LogP contribution in [0.2, 0.25) is 0 Å². The van der Waals surface area contributed by atoms with Crippen LogP contribution in [-0.2, 0) is 4.79 Å². The summed E-state index contributed by atoms with van der Waals surface area (Å²) in [5, 5.41) is 3.32. The molecule has 0 N–H and O–H groups in total. The van der Waals surface area contributed by atoms with Gasteiger partial charge in [0.15, 0.2) is 0 Å². The molecule has 0 bridgehead atoms. The fourth-order valence-corrected chi connectivity index (χ4v) is 5.66. The average molecular weight is 465 g/mol. The molecule has 7 nitrogen and oxygen atoms in total. The number of anilines is 2. The van der Waals surface area contributed by atoms with Crippen LogP contribution in [0.4, 0.5) is 11.6 Å². The molecule has 0 saturated carbocycles. The smallest absolute Gasteiger partial charge is 0.225 e. The third-order valence-electron chi connectivity index (χ3n) is 6.86. The van der Waals surface area contributed by atoms with E-state index < -0.39 is 0 Å². The van der Waals surface area contributed by atoms with E-state index >= 15 is 0 Å². The fraction of sp³-hybridized carbons (Fsp3) is 0.520. The summed E-state index contributed by atoms with van der Waals surface area (Å²) >= 11 is 1.74. The van der Waals surface area contributed by atoms with Gasteiger partial charge in [-0.25, -0.2) is 15.0 Å². The normalized spacial score (nSPS) is 17.9. The standard InChI is InChI=1S/C25H32N6OS/c1-17(2)23-27-20-16-33-18(3)22(20)24(28-23)30-10-7-19(8-11-30)25(32)31-14-12-29(13-15-31)21-6-4-5-9-26-21/h4-6,9,16-17,19H,7-8,10-15H2,1-3H3. The van der Waals surface area contributed by atoms with Crippen LogP contribution in [0.25, 0.3) is 10.9 Å². The molecule has 33 heavy (non-hydrogen) atoms. The Kier molecular flexibility index (Phi) is 6.19. The molecule has 5 heterocycles. The summed E-state index contributed by atoms with van der Waals surface area (Å²) < 4.78 is 0. The SMILES string of the molecule is Cc1scc2nc(C(C)C)nc(N3CCC(C(=O)N4CCN(c5ccccn5)CC4)CC3)c12. The van der Waals surface area contributed by atoms with E-state index in [2.05, 4.69) is 45.8 Å². The Morgan fingerprint density at radius 1 is 1.03 bits per heavy atom. The van der Waals surface area contributed by atoms with Crippen molar-refractivity contribution in [3.63, 3.8) is 0 Å². The van der Waals surface area contributed by atoms with Gasteiger partial charge < -0.3 is 14.7 Å². The summed E-state index contributed by atoms with van der Waals surface area (Å²) in [5.41, 5.74) is 1.05. The molecule has 2 fully saturated rings. The lowest BCUT2D eigenvalue weighted by Gasteiger charge is -2.39. The molecule has 5 rings (SSSR count). The molecule has 2 aliphatic heterocycles. The van der Waals surface area contributed by atoms with Crippen LogP contribution < -0.4 is 9.80 Å². The molecule has 2 saturated heterocycles. The van der Waals surface area contributed by atoms with Gasteiger partial charge in [-0.15, -0.1) is 11.3 Å². The molecule has 8 heteroatoms. The Bertz CT molecular complexity index is 1110. The van der Waals surface area contributed by atoms with Crippen LogP contribution in [-0.4, -0.2) is 65.0 Å². The molecule has 0 aliphatic carbocycles. The van der Waals surface area contributed by atoms with Gasteiger partial charge in [-0.1, -0.05) is 19.9 Å². The number of nitrogens with zero attached hydrogens (tertiary/aromatic N) is 6. The van der Waals surface area contributed by atoms with Gasteiger partial charge in [-0.2, -0.15) is 0 Å². The molecule has 0 spiro atoms. The van der Waals surface area contributed by atoms with E-state index in [4.69, 9.17) is 9.97 Å². The van der Waals surface area contributed by atoms with Crippen molar-refractivity contribution in [2.24, 2.45) is 5.92 Å². The first-order chi connectivity index (χ1) is 16.0. The highest BCUT2D eigenvalue weighted by Gasteiger charge is 2.32. The third-order valence-corrected chi connectivity index (χ3v) is 7.76. The van der Waals surface area contributed by atoms with Crippen molar-refractivity contribution in [3.05, 3.63) is 40.5 Å². The third kappa shape index (κ3) is 4.40. The zero-order valence-corrected chi connectivity index (χ0v) is 20.5. The second-order valence-corrected chi connectivity index (χ2v) is 10.5. The molecule has 3 aromatic rings. The minimum Gasteiger partial charge on any atom is -0.356 e. The number of hydrogen-bond donors (Lipinski definition) is 0. The number of carbonyl (C=O) groups excluding carboxylic acids is 1. The van der Waals surface area contributed by atoms with Gasteiger partial charge in [-0.3, -0.25) is 4.79 Å². The predicted octanol–water partition coefficient (Wildman–Crippen LogP) is 4.08. The summed E-state index contributed by atoms with van der Waals surface area (Å²) in [4.78, 5) is 35.4. The quantitative estimate of drug-likeness (QED) is 0.580. The molecule has 3 aromatic heterocycles. The van der Waals surface area contributed by atoms with Gasteiger partial charge in [-0.05, 0) is 31.9 Å². The predicted molar refractivity (Wildman–Crippen MR) is 134 cm³/mol. The van der Waals surface area contributed by atoms with E-state index in [1.807, 2.05) is 24.4 Å². The summed E-state index contributed by atoms with van der Waals surface area (Å²) in [5.74, 6) is 3.67. The number of piperidine rings is 1. The monoisotopic (exact) mass is 464 g/mol. The van der Waals surface area contributed by atoms with Crippen molar-refractivity contribution in [3.8, 4) is 0 Å². The molecular formula is C25H32N6OS. The van der Waals surface area contributed by atoms with E-state index in [0.29, 0.717) is 5.91 Å². The van der Waals surface area contributed by atoms with Crippen molar-refractivity contribution in [1.82, 2.24) is 19.9 Å². The van der Waals surface area contributed by atoms with Crippen LogP contribution in [0, 0.1) is 12.8 Å². The highest BCUT2D eigenvalue weighted by atomic mass is 32.1. The number of carbonyl (C=O) groups is 1. The fourth-order valence-electron chi connectivity index (χ4n) is 4.89. The topological polar surface area (TPSA) is 65.5 Å². The van der Waals surface area contributed by atoms with Crippen molar-refractivity contribution in [2.75, 3.05) is 49.1 Å². The largest absolute Gasteiger partial charge is 0.356 e. The van der Waals surface area contributed by atoms with Crippen LogP contribution in [0.1, 0.15) is 43.3 Å². The molecule has 0 atom stereocenters. The number of fused-ring (bicyclic) bond motifs is 1. The van der Waals surface area contributed by atoms with Crippen LogP contribution in [0.5, 0.6) is 0 Å². The average Bonchev–Trinajstić information content (AvgIpc) is 3.24. The maximum Gasteiger partial charge on any atom is 0.225 e. The van der Waals surface area contributed by atoms with Crippen molar-refractivity contribution in [1.29, 1.82) is 0 Å². The Morgan fingerprint density at radius 3 is 2.45 bits per heavy atom. The lowest BCUT2D eigenvalue weighted by atomic mass is 9.94. The Morgan fingerprint density at radius 2 is 1.79 bits per heavy atom. The van der Waals surface area contributed by atoms with Crippen LogP contribution >= 0.6 is 11.3 Å². The molecule has 1 amide bonds. The van der Waals surface area contributed by atoms with E-state index in [-0.39, 0.29) is 11.8 Å². The molecule has 2 aliphatic rings. The Labute approximate surface area is 199 Å². The first-order valence-electron chi connectivity index (χ1n) is 12.0. The van der Waals surface area contributed by atoms with Crippen molar-refractivity contribution < 1.29 is 4.79 Å². The first-order valence-corrected chi connectivity index (χ1v) is 12.8. The number of pyridine rings is 1. The summed E-state index contributed by atoms with van der Waals surface area (Å²) in [6, 6.07) is 5.99. The highest BCUT2D eigenvalue weighted by molar-refractivity contribution is 7.11. The van der Waals surface area contributed by atoms with Crippen molar-refractivity contribution >= 4 is 39.8 Å². The van der Waals surface area contributed by atoms with Gasteiger partial charge in [0.25, 0.3) is 0 Å². The number of aryl methyl sites for hydroxylation is 1. The van der Waals surface area contributed by atoms with E-state index in [0.717, 1.165) is 75.1 Å². The minimum absolute atomic E-state index is 0.105. The molecule has 0 radical (unpaired) electrons. The maximum absolute atomic E-state index is 13.3. The molecular weight excluding hydrogens is 432 g/mol. The highest BCUT2D eigenvalue weighted by Crippen LogP contribution is 2.35. The minimum atomic E-state index is 0.105. The van der Waals surface area contributed by atoms with Gasteiger partial charge in [0.2, 0.25) is 5.91 Å². The van der Waals surface area contributed by atoms with Crippen molar-refractivity contribution in [2.45, 2.75) is 39.5 Å². The summed E-state index contributed by atoms with van der Waals surface area (Å²) in [7, 11) is 0. The van der Waals surface area contributed by atoms with E-state index in [1.165, 1.54) is 10.3 Å². The Hall–Kier alpha value is -2.74. The number of piperazine rings is 1. The van der Waals surface area contributed by atoms with Crippen LogP contribution in [0.15, 0.2) is 29.8 Å². The summed E-state index contributed by atoms with van der Waals surface area (Å²) in [6.45, 7) is 11.4. The lowest BCUT2D eigenvalue weighted by molar-refractivity contribution is -0.136. The zero-order chi connectivity index (χ0) is 22.9. The van der Waals surface area contributed by atoms with Gasteiger partial charge in [0.05, 0.1) is 10.9 Å². The van der Waals surface area contributed by atoms with Crippen LogP contribution in [0.3, 0.4) is 0 Å².